The average Bonchev–Trinajstić information content (AvgIpc) is 3.20. The largest absolute Gasteiger partial charge is 0.469 e. The van der Waals surface area contributed by atoms with E-state index in [1.54, 1.807) is 0 Å². The molecule has 0 radical (unpaired) electrons. The van der Waals surface area contributed by atoms with Gasteiger partial charge in [0.25, 0.3) is 0 Å². The summed E-state index contributed by atoms with van der Waals surface area (Å²) in [5.41, 5.74) is 16.4. The topological polar surface area (TPSA) is 66.8 Å². The van der Waals surface area contributed by atoms with Crippen LogP contribution in [-0.4, -0.2) is 16.4 Å². The van der Waals surface area contributed by atoms with Crippen molar-refractivity contribution in [3.8, 4) is 0 Å². The summed E-state index contributed by atoms with van der Waals surface area (Å²) in [4.78, 5) is 17.6. The molecule has 0 spiro atoms. The van der Waals surface area contributed by atoms with Crippen molar-refractivity contribution < 1.29 is 18.9 Å². The van der Waals surface area contributed by atoms with Gasteiger partial charge in [0.05, 0.1) is 6.61 Å². The van der Waals surface area contributed by atoms with Crippen molar-refractivity contribution in [1.82, 2.24) is 0 Å². The van der Waals surface area contributed by atoms with Crippen molar-refractivity contribution in [3.63, 3.8) is 0 Å². The number of allylic oxidation sites excluding steroid dienone is 22. The van der Waals surface area contributed by atoms with E-state index in [4.69, 9.17) is 9.79 Å². The van der Waals surface area contributed by atoms with E-state index in [-0.39, 0.29) is 6.61 Å². The number of phosphoric ester groups is 1. The van der Waals surface area contributed by atoms with Crippen LogP contribution < -0.4 is 0 Å². The zero-order chi connectivity index (χ0) is 48.9. The standard InChI is InChI=1S/C60H101O4P/c1-49(2)25-14-26-50(3)27-15-28-51(4)29-16-30-52(5)31-17-32-53(6)33-18-34-54(7)35-19-36-55(8)37-20-38-56(9)39-21-40-57(10)41-22-42-58(11)43-23-44-59(12)45-24-46-60(13)47-48-64-65(61,62)63/h25,27,29,31,33,35,37,39,41,43,45,60H,14-24,26,28,30,32,34,36,38,40,42,44,46-48H2,1-13H3,(H2,61,62,63)/b50-27+,51-29+,52-31-,53-33-,54-35-,55-37-,56-39-,57-41-,58-43-,59-45-. The fourth-order valence-corrected chi connectivity index (χ4v) is 8.00. The van der Waals surface area contributed by atoms with Crippen LogP contribution in [0.2, 0.25) is 0 Å². The van der Waals surface area contributed by atoms with E-state index in [9.17, 15) is 4.57 Å². The van der Waals surface area contributed by atoms with Crippen LogP contribution in [-0.2, 0) is 9.09 Å². The van der Waals surface area contributed by atoms with Gasteiger partial charge in [-0.2, -0.15) is 0 Å². The van der Waals surface area contributed by atoms with Crippen molar-refractivity contribution in [1.29, 1.82) is 0 Å². The summed E-state index contributed by atoms with van der Waals surface area (Å²) in [6.45, 7) is 29.4. The summed E-state index contributed by atoms with van der Waals surface area (Å²) in [6, 6.07) is 0. The first-order chi connectivity index (χ1) is 30.7. The van der Waals surface area contributed by atoms with E-state index in [1.807, 2.05) is 0 Å². The Kier molecular flexibility index (Phi) is 37.6. The number of hydrogen-bond donors (Lipinski definition) is 2. The van der Waals surface area contributed by atoms with Gasteiger partial charge in [-0.3, -0.25) is 4.52 Å². The SMILES string of the molecule is CC(C)=CCC/C(C)=C/CC/C(C)=C/CC/C(C)=C\CC/C(C)=C\CC/C(C)=C\CC/C(C)=C\CC/C(C)=C\CC/C(C)=C\CC/C(C)=C\CC/C(C)=C\CCC(C)CCOP(=O)(O)O. The van der Waals surface area contributed by atoms with Gasteiger partial charge < -0.3 is 9.79 Å². The molecule has 0 saturated carbocycles. The third-order valence-corrected chi connectivity index (χ3v) is 12.9. The molecule has 0 saturated heterocycles. The van der Waals surface area contributed by atoms with Crippen LogP contribution in [0.4, 0.5) is 0 Å². The summed E-state index contributed by atoms with van der Waals surface area (Å²) < 4.78 is 15.4. The maximum Gasteiger partial charge on any atom is 0.469 e. The van der Waals surface area contributed by atoms with E-state index in [2.05, 4.69) is 161 Å². The molecule has 5 heteroatoms. The molecule has 0 aliphatic carbocycles. The van der Waals surface area contributed by atoms with E-state index in [0.717, 1.165) is 116 Å². The van der Waals surface area contributed by atoms with Gasteiger partial charge in [0.15, 0.2) is 0 Å². The molecule has 0 heterocycles. The minimum absolute atomic E-state index is 0.107. The zero-order valence-electron chi connectivity index (χ0n) is 44.6. The lowest BCUT2D eigenvalue weighted by Gasteiger charge is -2.11. The van der Waals surface area contributed by atoms with Gasteiger partial charge in [0, 0.05) is 0 Å². The zero-order valence-corrected chi connectivity index (χ0v) is 45.5. The highest BCUT2D eigenvalue weighted by atomic mass is 31.2. The Morgan fingerprint density at radius 1 is 0.354 bits per heavy atom. The fourth-order valence-electron chi connectivity index (χ4n) is 7.66. The second-order valence-electron chi connectivity index (χ2n) is 20.0. The quantitative estimate of drug-likeness (QED) is 0.0481. The number of phosphoric acid groups is 1. The normalized spacial score (nSPS) is 15.3. The lowest BCUT2D eigenvalue weighted by atomic mass is 10.0. The molecule has 0 aromatic carbocycles. The van der Waals surface area contributed by atoms with Gasteiger partial charge in [0.2, 0.25) is 0 Å². The molecule has 1 unspecified atom stereocenters. The van der Waals surface area contributed by atoms with E-state index < -0.39 is 7.82 Å². The molecular formula is C60H101O4P. The average molecular weight is 917 g/mol. The van der Waals surface area contributed by atoms with Crippen LogP contribution in [0.3, 0.4) is 0 Å². The number of hydrogen-bond acceptors (Lipinski definition) is 2. The van der Waals surface area contributed by atoms with Crippen molar-refractivity contribution in [2.45, 2.75) is 238 Å². The molecule has 0 amide bonds. The molecule has 0 aliphatic heterocycles. The van der Waals surface area contributed by atoms with Gasteiger partial charge >= 0.3 is 7.82 Å². The predicted octanol–water partition coefficient (Wildman–Crippen LogP) is 20.1. The number of rotatable bonds is 37. The maximum absolute atomic E-state index is 10.8. The lowest BCUT2D eigenvalue weighted by molar-refractivity contribution is 0.185. The Hall–Kier alpha value is -2.75. The smallest absolute Gasteiger partial charge is 0.303 e. The monoisotopic (exact) mass is 917 g/mol. The Morgan fingerprint density at radius 3 is 0.754 bits per heavy atom. The van der Waals surface area contributed by atoms with Gasteiger partial charge in [-0.1, -0.05) is 135 Å². The van der Waals surface area contributed by atoms with Crippen LogP contribution in [0.1, 0.15) is 238 Å². The first-order valence-electron chi connectivity index (χ1n) is 25.6. The first kappa shape index (κ1) is 62.2. The molecule has 0 aliphatic rings. The van der Waals surface area contributed by atoms with Crippen molar-refractivity contribution in [2.24, 2.45) is 5.92 Å². The third kappa shape index (κ3) is 43.6. The summed E-state index contributed by atoms with van der Waals surface area (Å²) >= 11 is 0. The molecular weight excluding hydrogens is 816 g/mol. The molecule has 0 aromatic heterocycles. The van der Waals surface area contributed by atoms with Gasteiger partial charge in [-0.05, 0) is 237 Å². The van der Waals surface area contributed by atoms with Gasteiger partial charge in [0.1, 0.15) is 0 Å². The molecule has 0 aromatic rings. The summed E-state index contributed by atoms with van der Waals surface area (Å²) in [6.07, 6.45) is 52.2. The predicted molar refractivity (Wildman–Crippen MR) is 290 cm³/mol. The van der Waals surface area contributed by atoms with E-state index >= 15 is 0 Å². The van der Waals surface area contributed by atoms with Crippen LogP contribution >= 0.6 is 7.82 Å². The molecule has 1 atom stereocenters. The van der Waals surface area contributed by atoms with Crippen molar-refractivity contribution in [3.05, 3.63) is 128 Å². The van der Waals surface area contributed by atoms with Crippen LogP contribution in [0.5, 0.6) is 0 Å². The van der Waals surface area contributed by atoms with E-state index in [0.29, 0.717) is 12.3 Å². The van der Waals surface area contributed by atoms with E-state index in [1.165, 1.54) is 87.0 Å². The molecule has 370 valence electrons. The van der Waals surface area contributed by atoms with Crippen molar-refractivity contribution >= 4 is 7.82 Å². The Morgan fingerprint density at radius 2 is 0.554 bits per heavy atom. The lowest BCUT2D eigenvalue weighted by Crippen LogP contribution is -2.00. The van der Waals surface area contributed by atoms with Crippen LogP contribution in [0.15, 0.2) is 128 Å². The molecule has 2 N–H and O–H groups in total. The van der Waals surface area contributed by atoms with Crippen molar-refractivity contribution in [2.75, 3.05) is 6.61 Å². The highest BCUT2D eigenvalue weighted by molar-refractivity contribution is 7.46. The molecule has 0 fully saturated rings. The molecule has 4 nitrogen and oxygen atoms in total. The Balaban J connectivity index is 4.27. The Labute approximate surface area is 403 Å². The van der Waals surface area contributed by atoms with Gasteiger partial charge in [-0.15, -0.1) is 0 Å². The van der Waals surface area contributed by atoms with Crippen LogP contribution in [0.25, 0.3) is 0 Å². The summed E-state index contributed by atoms with van der Waals surface area (Å²) in [5, 5.41) is 0. The minimum Gasteiger partial charge on any atom is -0.303 e. The third-order valence-electron chi connectivity index (χ3n) is 12.4. The summed E-state index contributed by atoms with van der Waals surface area (Å²) in [7, 11) is -4.35. The highest BCUT2D eigenvalue weighted by Crippen LogP contribution is 2.36. The first-order valence-corrected chi connectivity index (χ1v) is 27.2. The maximum atomic E-state index is 10.8. The molecule has 0 rings (SSSR count). The van der Waals surface area contributed by atoms with Crippen LogP contribution in [0, 0.1) is 5.92 Å². The fraction of sp³-hybridized carbons (Fsp3) is 0.633. The highest BCUT2D eigenvalue weighted by Gasteiger charge is 2.14. The molecule has 0 bridgehead atoms. The Bertz CT molecular complexity index is 1710. The second kappa shape index (κ2) is 39.3. The summed E-state index contributed by atoms with van der Waals surface area (Å²) in [5.74, 6) is 0.376. The molecule has 65 heavy (non-hydrogen) atoms. The minimum atomic E-state index is -4.35. The van der Waals surface area contributed by atoms with Gasteiger partial charge in [-0.25, -0.2) is 4.57 Å². The second-order valence-corrected chi connectivity index (χ2v) is 21.2.